The Balaban J connectivity index is 4.63. The Hall–Kier alpha value is -2.50. The Bertz CT molecular complexity index is 1130. The monoisotopic (exact) mass is 750 g/mol. The predicted molar refractivity (Wildman–Crippen MR) is 82.7 cm³/mol. The van der Waals surface area contributed by atoms with Crippen molar-refractivity contribution < 1.29 is 127 Å². The van der Waals surface area contributed by atoms with Gasteiger partial charge in [-0.15, -0.1) is 0 Å². The molecule has 0 saturated heterocycles. The van der Waals surface area contributed by atoms with Gasteiger partial charge >= 0.3 is 63.4 Å². The number of halogens is 26. The minimum Gasteiger partial charge on any atom is -0.304 e. The van der Waals surface area contributed by atoms with Crippen molar-refractivity contribution in [2.45, 2.75) is 54.6 Å². The third-order valence-electron chi connectivity index (χ3n) is 4.47. The molecule has 30 heteroatoms. The second-order valence-corrected chi connectivity index (χ2v) is 9.80. The van der Waals surface area contributed by atoms with E-state index < -0.39 is 97.7 Å². The van der Waals surface area contributed by atoms with Crippen molar-refractivity contribution in [1.82, 2.24) is 0 Å². The van der Waals surface area contributed by atoms with Gasteiger partial charge in [-0.3, -0.25) is 0 Å². The van der Waals surface area contributed by atoms with Gasteiger partial charge in [-0.05, 0) is 0 Å². The lowest BCUT2D eigenvalue weighted by molar-refractivity contribution is -0.444. The van der Waals surface area contributed by atoms with E-state index in [0.717, 1.165) is 0 Å². The highest BCUT2D eigenvalue weighted by Gasteiger charge is 2.84. The molecule has 0 saturated carbocycles. The Morgan fingerprint density at radius 3 is 0.667 bits per heavy atom. The smallest absolute Gasteiger partial charge is 0.304 e. The van der Waals surface area contributed by atoms with Gasteiger partial charge in [0.2, 0.25) is 5.82 Å². The molecule has 45 heavy (non-hydrogen) atoms. The zero-order valence-electron chi connectivity index (χ0n) is 19.1. The number of hydrogen-bond donors (Lipinski definition) is 0. The van der Waals surface area contributed by atoms with Crippen LogP contribution in [0.2, 0.25) is 0 Å². The molecule has 3 nitrogen and oxygen atoms in total. The molecule has 0 spiro atoms. The van der Waals surface area contributed by atoms with Gasteiger partial charge in [0.05, 0.1) is 0 Å². The van der Waals surface area contributed by atoms with Crippen LogP contribution >= 0.6 is 0 Å². The van der Waals surface area contributed by atoms with Crippen LogP contribution in [-0.2, 0) is 13.3 Å². The minimum absolute atomic E-state index is 1.80. The molecule has 0 bridgehead atoms. The summed E-state index contributed by atoms with van der Waals surface area (Å²) in [5.41, 5.74) is 0. The fourth-order valence-electron chi connectivity index (χ4n) is 2.28. The topological polar surface area (TPSA) is 27.7 Å². The van der Waals surface area contributed by atoms with Crippen LogP contribution in [0.15, 0.2) is 0 Å². The molecule has 0 amide bonds. The maximum atomic E-state index is 14.3. The third kappa shape index (κ3) is 6.54. The first-order valence-electron chi connectivity index (χ1n) is 9.39. The summed E-state index contributed by atoms with van der Waals surface area (Å²) in [6.45, 7) is 0. The van der Waals surface area contributed by atoms with Gasteiger partial charge < -0.3 is 13.3 Å². The molecule has 0 unspecified atom stereocenters. The molecule has 0 aliphatic carbocycles. The number of alkyl halides is 21. The number of hydrogen-bond acceptors (Lipinski definition) is 3. The van der Waals surface area contributed by atoms with Crippen LogP contribution in [0.25, 0.3) is 0 Å². The van der Waals surface area contributed by atoms with Gasteiger partial charge in [-0.1, -0.05) is 0 Å². The first-order chi connectivity index (χ1) is 19.3. The van der Waals surface area contributed by atoms with E-state index in [2.05, 4.69) is 0 Å². The van der Waals surface area contributed by atoms with Gasteiger partial charge in [0, 0.05) is 0 Å². The highest BCUT2D eigenvalue weighted by Crippen LogP contribution is 2.54. The summed E-state index contributed by atoms with van der Waals surface area (Å²) in [5.74, 6) is -46.2. The highest BCUT2D eigenvalue weighted by atomic mass is 28.4. The summed E-state index contributed by atoms with van der Waals surface area (Å²) in [5, 5.41) is -4.73. The SMILES string of the molecule is Fc1c(F)c(F)c([Si](OC(F)(F)C(F)(F)C(F)(F)F)(OC(F)(F)C(F)(F)C(F)(F)F)OC(F)(F)C(F)(F)C(F)(F)F)c(F)c1F. The van der Waals surface area contributed by atoms with Gasteiger partial charge in [0.1, 0.15) is 5.19 Å². The number of rotatable bonds is 10. The molecule has 0 radical (unpaired) electrons. The standard InChI is InChI=1S/C15F26O3Si/c16-1-2(17)4(19)6(5(20)3(1)18)45(42-13(36,37)7(21,22)10(27,28)29,43-14(38,39)8(23,24)11(30,31)32)44-15(40,41)9(25,26)12(33,34)35. The van der Waals surface area contributed by atoms with Crippen LogP contribution in [-0.4, -0.2) is 63.4 Å². The molecule has 264 valence electrons. The normalized spacial score (nSPS) is 15.6. The predicted octanol–water partition coefficient (Wildman–Crippen LogP) is 7.95. The van der Waals surface area contributed by atoms with Crippen LogP contribution < -0.4 is 5.19 Å². The van der Waals surface area contributed by atoms with Crippen LogP contribution in [0.3, 0.4) is 0 Å². The second kappa shape index (κ2) is 11.0. The largest absolute Gasteiger partial charge is 0.556 e. The lowest BCUT2D eigenvalue weighted by Crippen LogP contribution is -2.73. The highest BCUT2D eigenvalue weighted by molar-refractivity contribution is 6.75. The van der Waals surface area contributed by atoms with Crippen molar-refractivity contribution in [3.8, 4) is 0 Å². The summed E-state index contributed by atoms with van der Waals surface area (Å²) < 4.78 is 351. The Labute approximate surface area is 226 Å². The second-order valence-electron chi connectivity index (χ2n) is 7.57. The van der Waals surface area contributed by atoms with Crippen molar-refractivity contribution in [3.05, 3.63) is 29.1 Å². The summed E-state index contributed by atoms with van der Waals surface area (Å²) in [6, 6.07) is 0. The van der Waals surface area contributed by atoms with Crippen LogP contribution in [0.4, 0.5) is 114 Å². The molecule has 1 rings (SSSR count). The van der Waals surface area contributed by atoms with Gasteiger partial charge in [0.15, 0.2) is 23.3 Å². The zero-order valence-corrected chi connectivity index (χ0v) is 20.1. The minimum atomic E-state index is -10.4. The first-order valence-corrected chi connectivity index (χ1v) is 11.1. The average Bonchev–Trinajstić information content (AvgIpc) is 2.78. The Morgan fingerprint density at radius 2 is 0.489 bits per heavy atom. The van der Waals surface area contributed by atoms with Crippen molar-refractivity contribution in [2.75, 3.05) is 0 Å². The molecule has 0 heterocycles. The third-order valence-corrected chi connectivity index (χ3v) is 7.09. The zero-order chi connectivity index (χ0) is 36.6. The summed E-state index contributed by atoms with van der Waals surface area (Å²) >= 11 is 0. The molecular formula is C15F26O3Si. The molecule has 0 N–H and O–H groups in total. The number of benzene rings is 1. The molecule has 1 aromatic rings. The Morgan fingerprint density at radius 1 is 0.311 bits per heavy atom. The molecular weight excluding hydrogens is 750 g/mol. The summed E-state index contributed by atoms with van der Waals surface area (Å²) in [6.07, 6.45) is -49.5. The summed E-state index contributed by atoms with van der Waals surface area (Å²) in [4.78, 5) is 0. The van der Waals surface area contributed by atoms with E-state index in [9.17, 15) is 114 Å². The average molecular weight is 750 g/mol. The van der Waals surface area contributed by atoms with E-state index in [1.165, 1.54) is 0 Å². The summed E-state index contributed by atoms with van der Waals surface area (Å²) in [7, 11) is -10.4. The quantitative estimate of drug-likeness (QED) is 0.105. The van der Waals surface area contributed by atoms with Crippen molar-refractivity contribution in [1.29, 1.82) is 0 Å². The van der Waals surface area contributed by atoms with E-state index in [4.69, 9.17) is 0 Å². The van der Waals surface area contributed by atoms with E-state index in [1.54, 1.807) is 13.3 Å². The van der Waals surface area contributed by atoms with Gasteiger partial charge in [-0.25, -0.2) is 22.0 Å². The maximum absolute atomic E-state index is 14.3. The maximum Gasteiger partial charge on any atom is 0.556 e. The molecule has 0 aliphatic heterocycles. The van der Waals surface area contributed by atoms with Crippen molar-refractivity contribution in [2.24, 2.45) is 0 Å². The molecule has 0 atom stereocenters. The van der Waals surface area contributed by atoms with E-state index >= 15 is 0 Å². The molecule has 1 aromatic carbocycles. The van der Waals surface area contributed by atoms with Crippen molar-refractivity contribution >= 4 is 14.0 Å². The van der Waals surface area contributed by atoms with E-state index in [1.807, 2.05) is 0 Å². The molecule has 0 aromatic heterocycles. The fraction of sp³-hybridized carbons (Fsp3) is 0.600. The van der Waals surface area contributed by atoms with Gasteiger partial charge in [-0.2, -0.15) is 92.2 Å². The van der Waals surface area contributed by atoms with Crippen LogP contribution in [0, 0.1) is 29.1 Å². The Kier molecular flexibility index (Phi) is 9.95. The van der Waals surface area contributed by atoms with Gasteiger partial charge in [0.25, 0.3) is 0 Å². The van der Waals surface area contributed by atoms with Crippen LogP contribution in [0.5, 0.6) is 0 Å². The fourth-order valence-corrected chi connectivity index (χ4v) is 4.87. The van der Waals surface area contributed by atoms with Crippen LogP contribution in [0.1, 0.15) is 0 Å². The lowest BCUT2D eigenvalue weighted by atomic mass is 10.3. The first kappa shape index (κ1) is 40.5. The van der Waals surface area contributed by atoms with E-state index in [-0.39, 0.29) is 0 Å². The lowest BCUT2D eigenvalue weighted by Gasteiger charge is -2.41. The molecule has 0 fully saturated rings. The van der Waals surface area contributed by atoms with E-state index in [0.29, 0.717) is 0 Å². The molecule has 0 aliphatic rings. The van der Waals surface area contributed by atoms with Crippen molar-refractivity contribution in [3.63, 3.8) is 0 Å².